The number of aliphatic hydroxyl groups is 7. The summed E-state index contributed by atoms with van der Waals surface area (Å²) < 4.78 is 16.1. The third-order valence-electron chi connectivity index (χ3n) is 8.54. The highest BCUT2D eigenvalue weighted by Gasteiger charge is 2.53. The molecule has 7 N–H and O–H groups in total. The fraction of sp³-hybridized carbons (Fsp3) is 0.968. The predicted octanol–water partition coefficient (Wildman–Crippen LogP) is 2.22. The molecule has 1 heterocycles. The summed E-state index contributed by atoms with van der Waals surface area (Å²) >= 11 is 0. The van der Waals surface area contributed by atoms with Crippen LogP contribution in [0.5, 0.6) is 0 Å². The largest absolute Gasteiger partial charge is 0.457 e. The van der Waals surface area contributed by atoms with E-state index in [4.69, 9.17) is 14.2 Å². The smallest absolute Gasteiger partial charge is 0.306 e. The average molecular weight is 607 g/mol. The van der Waals surface area contributed by atoms with Crippen molar-refractivity contribution in [2.75, 3.05) is 6.61 Å². The molecule has 0 aromatic carbocycles. The zero-order chi connectivity index (χ0) is 30.9. The van der Waals surface area contributed by atoms with E-state index in [-0.39, 0.29) is 13.0 Å². The molecule has 11 nitrogen and oxygen atoms in total. The number of hydrogen-bond donors (Lipinski definition) is 7. The number of rotatable bonds is 21. The standard InChI is InChI=1S/C31H58O11/c1-2-3-4-5-6-7-8-9-10-11-12-13-14-15-16-17-18-19-22(33)41-29-26(37)24(35)25(36)27(38)30(29)42-31-28(39)23(34)21(32)20-40-31/h21,23-32,34-39H,2-20H2,1H3/t21-,23+,24+,25+,26-,27-,28+,29-,30+,31+/m1/s1. The van der Waals surface area contributed by atoms with Gasteiger partial charge in [0.25, 0.3) is 0 Å². The Morgan fingerprint density at radius 3 is 1.48 bits per heavy atom. The van der Waals surface area contributed by atoms with Gasteiger partial charge in [-0.25, -0.2) is 0 Å². The Morgan fingerprint density at radius 1 is 0.571 bits per heavy atom. The molecule has 42 heavy (non-hydrogen) atoms. The summed E-state index contributed by atoms with van der Waals surface area (Å²) in [4.78, 5) is 12.5. The van der Waals surface area contributed by atoms with E-state index in [1.165, 1.54) is 83.5 Å². The van der Waals surface area contributed by atoms with Crippen LogP contribution in [0.3, 0.4) is 0 Å². The van der Waals surface area contributed by atoms with Gasteiger partial charge in [-0.3, -0.25) is 4.79 Å². The number of unbranched alkanes of at least 4 members (excludes halogenated alkanes) is 16. The Balaban J connectivity index is 1.60. The lowest BCUT2D eigenvalue weighted by molar-refractivity contribution is -0.322. The van der Waals surface area contributed by atoms with Crippen molar-refractivity contribution in [2.45, 2.75) is 184 Å². The minimum atomic E-state index is -1.82. The quantitative estimate of drug-likeness (QED) is 0.0750. The molecule has 2 rings (SSSR count). The molecule has 1 saturated heterocycles. The first-order valence-corrected chi connectivity index (χ1v) is 16.4. The van der Waals surface area contributed by atoms with E-state index >= 15 is 0 Å². The van der Waals surface area contributed by atoms with Crippen LogP contribution < -0.4 is 0 Å². The molecular formula is C31H58O11. The molecule has 0 spiro atoms. The van der Waals surface area contributed by atoms with E-state index in [1.807, 2.05) is 0 Å². The maximum absolute atomic E-state index is 12.5. The molecule has 0 bridgehead atoms. The molecule has 0 radical (unpaired) electrons. The molecule has 248 valence electrons. The van der Waals surface area contributed by atoms with Crippen molar-refractivity contribution in [3.63, 3.8) is 0 Å². The number of ether oxygens (including phenoxy) is 3. The van der Waals surface area contributed by atoms with Crippen molar-refractivity contribution in [1.29, 1.82) is 0 Å². The lowest BCUT2D eigenvalue weighted by atomic mass is 9.84. The van der Waals surface area contributed by atoms with Gasteiger partial charge in [0.15, 0.2) is 12.4 Å². The van der Waals surface area contributed by atoms with Gasteiger partial charge >= 0.3 is 5.97 Å². The Morgan fingerprint density at radius 2 is 1.00 bits per heavy atom. The second-order valence-electron chi connectivity index (χ2n) is 12.2. The molecule has 2 aliphatic rings. The summed E-state index contributed by atoms with van der Waals surface area (Å²) in [6.07, 6.45) is 4.27. The monoisotopic (exact) mass is 606 g/mol. The van der Waals surface area contributed by atoms with Gasteiger partial charge in [0, 0.05) is 6.42 Å². The predicted molar refractivity (Wildman–Crippen MR) is 155 cm³/mol. The topological polar surface area (TPSA) is 186 Å². The summed E-state index contributed by atoms with van der Waals surface area (Å²) in [7, 11) is 0. The van der Waals surface area contributed by atoms with Gasteiger partial charge in [0.05, 0.1) is 6.61 Å². The van der Waals surface area contributed by atoms with Gasteiger partial charge < -0.3 is 50.0 Å². The summed E-state index contributed by atoms with van der Waals surface area (Å²) in [5, 5.41) is 70.9. The Hall–Kier alpha value is -0.890. The highest BCUT2D eigenvalue weighted by molar-refractivity contribution is 5.69. The molecule has 1 aliphatic carbocycles. The van der Waals surface area contributed by atoms with Crippen molar-refractivity contribution < 1.29 is 54.8 Å². The molecule has 2 fully saturated rings. The van der Waals surface area contributed by atoms with Crippen molar-refractivity contribution in [3.8, 4) is 0 Å². The van der Waals surface area contributed by atoms with Gasteiger partial charge in [0.1, 0.15) is 48.8 Å². The van der Waals surface area contributed by atoms with Crippen LogP contribution >= 0.6 is 0 Å². The molecule has 1 aliphatic heterocycles. The highest BCUT2D eigenvalue weighted by Crippen LogP contribution is 2.30. The van der Waals surface area contributed by atoms with E-state index in [0.717, 1.165) is 19.3 Å². The van der Waals surface area contributed by atoms with Crippen LogP contribution in [0, 0.1) is 0 Å². The third kappa shape index (κ3) is 12.6. The number of aliphatic hydroxyl groups excluding tert-OH is 7. The van der Waals surface area contributed by atoms with Crippen molar-refractivity contribution >= 4 is 5.97 Å². The van der Waals surface area contributed by atoms with Gasteiger partial charge in [-0.1, -0.05) is 110 Å². The van der Waals surface area contributed by atoms with Crippen molar-refractivity contribution in [2.24, 2.45) is 0 Å². The summed E-state index contributed by atoms with van der Waals surface area (Å²) in [6, 6.07) is 0. The van der Waals surface area contributed by atoms with Crippen LogP contribution in [0.15, 0.2) is 0 Å². The number of carbonyl (C=O) groups excluding carboxylic acids is 1. The minimum absolute atomic E-state index is 0.0662. The first-order valence-electron chi connectivity index (χ1n) is 16.4. The lowest BCUT2D eigenvalue weighted by Gasteiger charge is -2.45. The van der Waals surface area contributed by atoms with Crippen LogP contribution in [-0.4, -0.2) is 110 Å². The van der Waals surface area contributed by atoms with E-state index < -0.39 is 67.2 Å². The molecule has 0 aromatic heterocycles. The van der Waals surface area contributed by atoms with E-state index in [2.05, 4.69) is 6.92 Å². The maximum Gasteiger partial charge on any atom is 0.306 e. The van der Waals surface area contributed by atoms with E-state index in [0.29, 0.717) is 6.42 Å². The second kappa shape index (κ2) is 21.0. The number of hydrogen-bond acceptors (Lipinski definition) is 11. The molecular weight excluding hydrogens is 548 g/mol. The normalized spacial score (nSPS) is 33.5. The van der Waals surface area contributed by atoms with Crippen LogP contribution in [0.1, 0.15) is 122 Å². The highest BCUT2D eigenvalue weighted by atomic mass is 16.7. The summed E-state index contributed by atoms with van der Waals surface area (Å²) in [5.41, 5.74) is 0. The van der Waals surface area contributed by atoms with Gasteiger partial charge in [-0.05, 0) is 6.42 Å². The van der Waals surface area contributed by atoms with Crippen molar-refractivity contribution in [1.82, 2.24) is 0 Å². The van der Waals surface area contributed by atoms with Crippen LogP contribution in [0.25, 0.3) is 0 Å². The maximum atomic E-state index is 12.5. The van der Waals surface area contributed by atoms with Crippen LogP contribution in [-0.2, 0) is 19.0 Å². The van der Waals surface area contributed by atoms with E-state index in [1.54, 1.807) is 0 Å². The van der Waals surface area contributed by atoms with Crippen molar-refractivity contribution in [3.05, 3.63) is 0 Å². The molecule has 11 heteroatoms. The Bertz CT molecular complexity index is 710. The summed E-state index contributed by atoms with van der Waals surface area (Å²) in [5.74, 6) is -0.662. The summed E-state index contributed by atoms with van der Waals surface area (Å²) in [6.45, 7) is 1.88. The first kappa shape index (κ1) is 37.3. The van der Waals surface area contributed by atoms with Crippen LogP contribution in [0.2, 0.25) is 0 Å². The van der Waals surface area contributed by atoms with Gasteiger partial charge in [-0.15, -0.1) is 0 Å². The molecule has 1 saturated carbocycles. The Labute approximate surface area is 251 Å². The minimum Gasteiger partial charge on any atom is -0.457 e. The molecule has 0 aromatic rings. The van der Waals surface area contributed by atoms with E-state index in [9.17, 15) is 40.5 Å². The third-order valence-corrected chi connectivity index (χ3v) is 8.54. The van der Waals surface area contributed by atoms with Gasteiger partial charge in [0.2, 0.25) is 0 Å². The molecule has 10 atom stereocenters. The lowest BCUT2D eigenvalue weighted by Crippen LogP contribution is -2.67. The zero-order valence-electron chi connectivity index (χ0n) is 25.5. The fourth-order valence-corrected chi connectivity index (χ4v) is 5.73. The SMILES string of the molecule is CCCCCCCCCCCCCCCCCCCC(=O)O[C@@H]1[C@H](O)[C@@H](O)[C@H](O)[C@@H](O)[C@@H]1O[C@@H]1OC[C@@H](O)[C@H](O)[C@@H]1O. The molecule has 0 unspecified atom stereocenters. The van der Waals surface area contributed by atoms with Gasteiger partial charge in [-0.2, -0.15) is 0 Å². The number of carbonyl (C=O) groups is 1. The fourth-order valence-electron chi connectivity index (χ4n) is 5.73. The molecule has 0 amide bonds. The second-order valence-corrected chi connectivity index (χ2v) is 12.2. The first-order chi connectivity index (χ1) is 20.2. The number of esters is 1. The zero-order valence-corrected chi connectivity index (χ0v) is 25.5. The Kier molecular flexibility index (Phi) is 18.6. The van der Waals surface area contributed by atoms with Crippen LogP contribution in [0.4, 0.5) is 0 Å². The average Bonchev–Trinajstić information content (AvgIpc) is 2.98.